The van der Waals surface area contributed by atoms with Gasteiger partial charge in [0.2, 0.25) is 12.4 Å². The van der Waals surface area contributed by atoms with Crippen molar-refractivity contribution in [3.63, 3.8) is 0 Å². The average Bonchev–Trinajstić information content (AvgIpc) is 2.61. The molecule has 5 N–H and O–H groups in total. The van der Waals surface area contributed by atoms with Gasteiger partial charge in [0.05, 0.1) is 6.67 Å². The fourth-order valence-corrected chi connectivity index (χ4v) is 1.51. The monoisotopic (exact) mass is 227 g/mol. The van der Waals surface area contributed by atoms with Crippen molar-refractivity contribution in [3.05, 3.63) is 10.4 Å². The van der Waals surface area contributed by atoms with Crippen LogP contribution in [0.2, 0.25) is 0 Å². The van der Waals surface area contributed by atoms with Crippen molar-refractivity contribution in [2.75, 3.05) is 29.2 Å². The molecule has 8 heteroatoms. The van der Waals surface area contributed by atoms with Gasteiger partial charge < -0.3 is 20.9 Å². The van der Waals surface area contributed by atoms with Crippen LogP contribution in [0.5, 0.6) is 0 Å². The Kier molecular flexibility index (Phi) is 2.67. The first kappa shape index (κ1) is 10.7. The van der Waals surface area contributed by atoms with Crippen molar-refractivity contribution in [3.8, 4) is 0 Å². The van der Waals surface area contributed by atoms with E-state index in [4.69, 9.17) is 10.5 Å². The maximum atomic E-state index is 11.5. The molecule has 1 aromatic heterocycles. The van der Waals surface area contributed by atoms with E-state index in [0.29, 0.717) is 12.4 Å². The summed E-state index contributed by atoms with van der Waals surface area (Å²) < 4.78 is 5.01. The number of nitrogen functional groups attached to an aromatic ring is 1. The molecule has 0 aliphatic carbocycles. The molecule has 0 spiro atoms. The molecule has 88 valence electrons. The number of H-pyrrole nitrogens is 1. The standard InChI is InChI=1S/C8H13N5O3/c1-2-16-8(15)13-3-10-4-5(13)11-7(9)12-6(4)14/h8,10,15H,2-3H2,1H3,(H3,9,11,12,14). The maximum absolute atomic E-state index is 11.5. The molecule has 0 amide bonds. The van der Waals surface area contributed by atoms with Crippen molar-refractivity contribution in [1.82, 2.24) is 9.97 Å². The number of nitrogens with one attached hydrogen (secondary N) is 2. The van der Waals surface area contributed by atoms with Crippen LogP contribution in [0, 0.1) is 0 Å². The van der Waals surface area contributed by atoms with Gasteiger partial charge in [0.1, 0.15) is 5.69 Å². The number of anilines is 3. The molecule has 0 fully saturated rings. The number of fused-ring (bicyclic) bond motifs is 1. The quantitative estimate of drug-likeness (QED) is 0.482. The first-order valence-corrected chi connectivity index (χ1v) is 4.83. The summed E-state index contributed by atoms with van der Waals surface area (Å²) in [5, 5.41) is 12.5. The third kappa shape index (κ3) is 1.68. The summed E-state index contributed by atoms with van der Waals surface area (Å²) in [6, 6.07) is 0. The van der Waals surface area contributed by atoms with E-state index in [1.807, 2.05) is 0 Å². The van der Waals surface area contributed by atoms with Crippen LogP contribution >= 0.6 is 0 Å². The van der Waals surface area contributed by atoms with Gasteiger partial charge in [-0.3, -0.25) is 14.7 Å². The summed E-state index contributed by atoms with van der Waals surface area (Å²) in [6.45, 7) is 2.36. The van der Waals surface area contributed by atoms with Crippen molar-refractivity contribution in [2.45, 2.75) is 13.3 Å². The second kappa shape index (κ2) is 3.99. The van der Waals surface area contributed by atoms with Gasteiger partial charge in [-0.25, -0.2) is 0 Å². The van der Waals surface area contributed by atoms with Crippen molar-refractivity contribution >= 4 is 17.5 Å². The van der Waals surface area contributed by atoms with Crippen LogP contribution in [0.25, 0.3) is 0 Å². The van der Waals surface area contributed by atoms with Crippen LogP contribution in [-0.2, 0) is 4.74 Å². The molecule has 1 aliphatic heterocycles. The molecule has 0 saturated heterocycles. The molecule has 1 unspecified atom stereocenters. The third-order valence-corrected chi connectivity index (χ3v) is 2.20. The predicted octanol–water partition coefficient (Wildman–Crippen LogP) is -1.15. The van der Waals surface area contributed by atoms with Crippen LogP contribution in [0.1, 0.15) is 6.92 Å². The van der Waals surface area contributed by atoms with Crippen LogP contribution in [0.3, 0.4) is 0 Å². The van der Waals surface area contributed by atoms with Crippen LogP contribution in [0.15, 0.2) is 4.79 Å². The SMILES string of the molecule is CCOC(O)N1CNc2c1nc(N)[nH]c2=O. The lowest BCUT2D eigenvalue weighted by Gasteiger charge is -2.22. The van der Waals surface area contributed by atoms with E-state index >= 15 is 0 Å². The number of rotatable bonds is 3. The minimum atomic E-state index is -1.15. The predicted molar refractivity (Wildman–Crippen MR) is 57.9 cm³/mol. The highest BCUT2D eigenvalue weighted by molar-refractivity contribution is 5.70. The number of hydrogen-bond donors (Lipinski definition) is 4. The summed E-state index contributed by atoms with van der Waals surface area (Å²) >= 11 is 0. The summed E-state index contributed by atoms with van der Waals surface area (Å²) in [6.07, 6.45) is -1.15. The van der Waals surface area contributed by atoms with E-state index in [9.17, 15) is 9.90 Å². The lowest BCUT2D eigenvalue weighted by molar-refractivity contribution is -0.0934. The van der Waals surface area contributed by atoms with Gasteiger partial charge in [-0.05, 0) is 6.92 Å². The largest absolute Gasteiger partial charge is 0.369 e. The van der Waals surface area contributed by atoms with Gasteiger partial charge in [0, 0.05) is 6.61 Å². The number of aromatic amines is 1. The van der Waals surface area contributed by atoms with Gasteiger partial charge in [-0.2, -0.15) is 4.98 Å². The van der Waals surface area contributed by atoms with E-state index in [2.05, 4.69) is 15.3 Å². The average molecular weight is 227 g/mol. The summed E-state index contributed by atoms with van der Waals surface area (Å²) in [4.78, 5) is 19.2. The number of ether oxygens (including phenoxy) is 1. The zero-order valence-corrected chi connectivity index (χ0v) is 8.73. The first-order valence-electron chi connectivity index (χ1n) is 4.83. The number of hydrogen-bond acceptors (Lipinski definition) is 7. The molecular weight excluding hydrogens is 214 g/mol. The molecule has 0 saturated carbocycles. The highest BCUT2D eigenvalue weighted by atomic mass is 16.6. The Morgan fingerprint density at radius 1 is 1.75 bits per heavy atom. The topological polar surface area (TPSA) is 116 Å². The molecule has 2 heterocycles. The second-order valence-electron chi connectivity index (χ2n) is 3.24. The fraction of sp³-hybridized carbons (Fsp3) is 0.500. The Morgan fingerprint density at radius 2 is 2.50 bits per heavy atom. The highest BCUT2D eigenvalue weighted by Crippen LogP contribution is 2.26. The maximum Gasteiger partial charge on any atom is 0.277 e. The van der Waals surface area contributed by atoms with Gasteiger partial charge in [0.15, 0.2) is 5.82 Å². The van der Waals surface area contributed by atoms with Gasteiger partial charge in [-0.1, -0.05) is 0 Å². The third-order valence-electron chi connectivity index (χ3n) is 2.20. The molecule has 16 heavy (non-hydrogen) atoms. The van der Waals surface area contributed by atoms with Crippen LogP contribution < -0.4 is 21.5 Å². The molecule has 1 aliphatic rings. The summed E-state index contributed by atoms with van der Waals surface area (Å²) in [7, 11) is 0. The van der Waals surface area contributed by atoms with E-state index in [1.54, 1.807) is 6.92 Å². The van der Waals surface area contributed by atoms with Crippen LogP contribution in [0.4, 0.5) is 17.5 Å². The zero-order chi connectivity index (χ0) is 11.7. The van der Waals surface area contributed by atoms with E-state index in [-0.39, 0.29) is 23.9 Å². The molecule has 0 aromatic carbocycles. The Morgan fingerprint density at radius 3 is 3.19 bits per heavy atom. The van der Waals surface area contributed by atoms with Gasteiger partial charge in [0.25, 0.3) is 5.56 Å². The van der Waals surface area contributed by atoms with Crippen molar-refractivity contribution < 1.29 is 9.84 Å². The second-order valence-corrected chi connectivity index (χ2v) is 3.24. The van der Waals surface area contributed by atoms with Gasteiger partial charge >= 0.3 is 0 Å². The zero-order valence-electron chi connectivity index (χ0n) is 8.73. The number of aliphatic hydroxyl groups is 1. The van der Waals surface area contributed by atoms with Crippen molar-refractivity contribution in [2.24, 2.45) is 0 Å². The molecule has 1 atom stereocenters. The molecule has 1 aromatic rings. The van der Waals surface area contributed by atoms with E-state index in [1.165, 1.54) is 4.90 Å². The number of nitrogens with two attached hydrogens (primary N) is 1. The van der Waals surface area contributed by atoms with Crippen LogP contribution in [-0.4, -0.2) is 34.8 Å². The minimum absolute atomic E-state index is 0.00106. The van der Waals surface area contributed by atoms with Gasteiger partial charge in [-0.15, -0.1) is 0 Å². The molecule has 2 rings (SSSR count). The number of nitrogens with zero attached hydrogens (tertiary/aromatic N) is 2. The summed E-state index contributed by atoms with van der Waals surface area (Å²) in [5.74, 6) is 0.295. The molecule has 0 bridgehead atoms. The first-order chi connectivity index (χ1) is 7.63. The molecule has 0 radical (unpaired) electrons. The Bertz CT molecular complexity index is 446. The highest BCUT2D eigenvalue weighted by Gasteiger charge is 2.28. The Balaban J connectivity index is 2.35. The lowest BCUT2D eigenvalue weighted by atomic mass is 10.5. The Labute approximate surface area is 91.0 Å². The lowest BCUT2D eigenvalue weighted by Crippen LogP contribution is -2.37. The smallest absolute Gasteiger partial charge is 0.277 e. The normalized spacial score (nSPS) is 15.8. The fourth-order valence-electron chi connectivity index (χ4n) is 1.51. The van der Waals surface area contributed by atoms with E-state index < -0.39 is 6.41 Å². The molecule has 8 nitrogen and oxygen atoms in total. The molecular formula is C8H13N5O3. The minimum Gasteiger partial charge on any atom is -0.369 e. The van der Waals surface area contributed by atoms with Crippen molar-refractivity contribution in [1.29, 1.82) is 0 Å². The van der Waals surface area contributed by atoms with E-state index in [0.717, 1.165) is 0 Å². The summed E-state index contributed by atoms with van der Waals surface area (Å²) in [5.41, 5.74) is 5.34. The Hall–Kier alpha value is -1.80. The number of aromatic nitrogens is 2. The number of aliphatic hydroxyl groups excluding tert-OH is 1.